The second-order valence-electron chi connectivity index (χ2n) is 3.56. The Balaban J connectivity index is 2.25. The first-order chi connectivity index (χ1) is 7.34. The fourth-order valence-electron chi connectivity index (χ4n) is 1.90. The second kappa shape index (κ2) is 3.38. The summed E-state index contributed by atoms with van der Waals surface area (Å²) in [6, 6.07) is 6.24. The van der Waals surface area contributed by atoms with Crippen LogP contribution in [0.25, 0.3) is 11.4 Å². The molecule has 0 bridgehead atoms. The summed E-state index contributed by atoms with van der Waals surface area (Å²) in [4.78, 5) is 4.40. The fraction of sp³-hybridized carbons (Fsp3) is 0.182. The van der Waals surface area contributed by atoms with Gasteiger partial charge in [-0.3, -0.25) is 0 Å². The van der Waals surface area contributed by atoms with E-state index in [1.165, 1.54) is 5.56 Å². The number of aromatic nitrogens is 2. The number of imidazole rings is 1. The third-order valence-electron chi connectivity index (χ3n) is 2.61. The van der Waals surface area contributed by atoms with Crippen molar-refractivity contribution < 1.29 is 0 Å². The van der Waals surface area contributed by atoms with Gasteiger partial charge in [-0.15, -0.1) is 0 Å². The third kappa shape index (κ3) is 1.45. The van der Waals surface area contributed by atoms with E-state index in [2.05, 4.69) is 42.9 Å². The van der Waals surface area contributed by atoms with E-state index >= 15 is 0 Å². The predicted molar refractivity (Wildman–Crippen MR) is 63.9 cm³/mol. The maximum Gasteiger partial charge on any atom is 0.142 e. The first kappa shape index (κ1) is 8.97. The fourth-order valence-corrected chi connectivity index (χ4v) is 2.26. The molecule has 2 heterocycles. The summed E-state index contributed by atoms with van der Waals surface area (Å²) in [6.45, 7) is 1.90. The highest BCUT2D eigenvalue weighted by molar-refractivity contribution is 9.10. The molecule has 1 aliphatic heterocycles. The molecule has 0 atom stereocenters. The van der Waals surface area contributed by atoms with Gasteiger partial charge in [0.25, 0.3) is 0 Å². The molecule has 0 saturated heterocycles. The number of nitrogens with zero attached hydrogens (tertiary/aromatic N) is 2. The molecule has 0 radical (unpaired) electrons. The minimum atomic E-state index is 0.937. The smallest absolute Gasteiger partial charge is 0.142 e. The molecule has 4 heteroatoms. The van der Waals surface area contributed by atoms with Crippen LogP contribution in [0.3, 0.4) is 0 Å². The molecular weight excluding hydrogens is 254 g/mol. The van der Waals surface area contributed by atoms with Crippen molar-refractivity contribution in [2.24, 2.45) is 0 Å². The molecular formula is C11H10BrN3. The van der Waals surface area contributed by atoms with Crippen LogP contribution in [0.2, 0.25) is 0 Å². The van der Waals surface area contributed by atoms with Crippen molar-refractivity contribution in [1.82, 2.24) is 9.55 Å². The van der Waals surface area contributed by atoms with Gasteiger partial charge in [0.05, 0.1) is 0 Å². The van der Waals surface area contributed by atoms with E-state index < -0.39 is 0 Å². The summed E-state index contributed by atoms with van der Waals surface area (Å²) in [5, 5.41) is 3.41. The Bertz CT molecular complexity index is 504. The summed E-state index contributed by atoms with van der Waals surface area (Å²) in [5.74, 6) is 1.04. The van der Waals surface area contributed by atoms with E-state index in [0.29, 0.717) is 0 Å². The van der Waals surface area contributed by atoms with Crippen LogP contribution in [0.5, 0.6) is 0 Å². The predicted octanol–water partition coefficient (Wildman–Crippen LogP) is 2.74. The lowest BCUT2D eigenvalue weighted by atomic mass is 10.1. The lowest BCUT2D eigenvalue weighted by Crippen LogP contribution is -2.06. The van der Waals surface area contributed by atoms with E-state index in [4.69, 9.17) is 0 Å². The van der Waals surface area contributed by atoms with E-state index in [1.807, 2.05) is 18.5 Å². The van der Waals surface area contributed by atoms with Gasteiger partial charge in [0.1, 0.15) is 5.82 Å². The minimum absolute atomic E-state index is 0.937. The molecule has 3 rings (SSSR count). The van der Waals surface area contributed by atoms with Gasteiger partial charge in [0.15, 0.2) is 0 Å². The van der Waals surface area contributed by atoms with Gasteiger partial charge >= 0.3 is 0 Å². The Morgan fingerprint density at radius 3 is 3.27 bits per heavy atom. The van der Waals surface area contributed by atoms with Gasteiger partial charge < -0.3 is 9.88 Å². The number of rotatable bonds is 0. The molecule has 0 fully saturated rings. The molecule has 1 N–H and O–H groups in total. The van der Waals surface area contributed by atoms with E-state index in [-0.39, 0.29) is 0 Å². The third-order valence-corrected chi connectivity index (χ3v) is 3.10. The van der Waals surface area contributed by atoms with Crippen molar-refractivity contribution in [3.05, 3.63) is 35.1 Å². The number of hydrogen-bond acceptors (Lipinski definition) is 2. The Labute approximate surface area is 96.3 Å². The lowest BCUT2D eigenvalue weighted by Gasteiger charge is -2.06. The topological polar surface area (TPSA) is 29.9 Å². The van der Waals surface area contributed by atoms with Crippen LogP contribution in [0.4, 0.5) is 5.69 Å². The van der Waals surface area contributed by atoms with Gasteiger partial charge in [-0.25, -0.2) is 4.98 Å². The van der Waals surface area contributed by atoms with Gasteiger partial charge in [-0.1, -0.05) is 15.9 Å². The van der Waals surface area contributed by atoms with Crippen molar-refractivity contribution in [1.29, 1.82) is 0 Å². The molecule has 0 saturated carbocycles. The molecule has 3 nitrogen and oxygen atoms in total. The van der Waals surface area contributed by atoms with Crippen LogP contribution in [-0.4, -0.2) is 16.1 Å². The number of hydrogen-bond donors (Lipinski definition) is 1. The van der Waals surface area contributed by atoms with Crippen LogP contribution in [0.1, 0.15) is 0 Å². The molecule has 1 aromatic heterocycles. The van der Waals surface area contributed by atoms with E-state index in [1.54, 1.807) is 0 Å². The second-order valence-corrected chi connectivity index (χ2v) is 4.48. The van der Waals surface area contributed by atoms with E-state index in [9.17, 15) is 0 Å². The van der Waals surface area contributed by atoms with Crippen LogP contribution >= 0.6 is 15.9 Å². The first-order valence-electron chi connectivity index (χ1n) is 4.89. The zero-order chi connectivity index (χ0) is 10.3. The summed E-state index contributed by atoms with van der Waals surface area (Å²) in [5.41, 5.74) is 2.31. The highest BCUT2D eigenvalue weighted by atomic mass is 79.9. The van der Waals surface area contributed by atoms with Crippen molar-refractivity contribution >= 4 is 21.6 Å². The summed E-state index contributed by atoms with van der Waals surface area (Å²) < 4.78 is 3.26. The SMILES string of the molecule is Brc1ccc2c(c1)NCCn1ccnc1-2. The van der Waals surface area contributed by atoms with Crippen molar-refractivity contribution in [3.63, 3.8) is 0 Å². The normalized spacial score (nSPS) is 13.7. The molecule has 0 aliphatic carbocycles. The van der Waals surface area contributed by atoms with Crippen molar-refractivity contribution in [2.45, 2.75) is 6.54 Å². The van der Waals surface area contributed by atoms with Crippen LogP contribution in [0, 0.1) is 0 Å². The van der Waals surface area contributed by atoms with Crippen LogP contribution in [-0.2, 0) is 6.54 Å². The van der Waals surface area contributed by atoms with Gasteiger partial charge in [0.2, 0.25) is 0 Å². The molecule has 2 aromatic rings. The monoisotopic (exact) mass is 263 g/mol. The Morgan fingerprint density at radius 1 is 1.40 bits per heavy atom. The highest BCUT2D eigenvalue weighted by Crippen LogP contribution is 2.31. The van der Waals surface area contributed by atoms with Gasteiger partial charge in [-0.05, 0) is 18.2 Å². The zero-order valence-corrected chi connectivity index (χ0v) is 9.66. The zero-order valence-electron chi connectivity index (χ0n) is 8.07. The Morgan fingerprint density at radius 2 is 2.33 bits per heavy atom. The lowest BCUT2D eigenvalue weighted by molar-refractivity contribution is 0.744. The Kier molecular flexibility index (Phi) is 2.02. The number of nitrogens with one attached hydrogen (secondary N) is 1. The van der Waals surface area contributed by atoms with Crippen molar-refractivity contribution in [3.8, 4) is 11.4 Å². The number of halogens is 1. The molecule has 0 unspecified atom stereocenters. The molecule has 76 valence electrons. The maximum absolute atomic E-state index is 4.40. The number of fused-ring (bicyclic) bond motifs is 3. The average Bonchev–Trinajstić information content (AvgIpc) is 2.61. The number of anilines is 1. The molecule has 0 amide bonds. The molecule has 0 spiro atoms. The number of benzene rings is 1. The quantitative estimate of drug-likeness (QED) is 0.792. The summed E-state index contributed by atoms with van der Waals surface area (Å²) in [7, 11) is 0. The van der Waals surface area contributed by atoms with Gasteiger partial charge in [-0.2, -0.15) is 0 Å². The largest absolute Gasteiger partial charge is 0.383 e. The molecule has 1 aromatic carbocycles. The minimum Gasteiger partial charge on any atom is -0.383 e. The van der Waals surface area contributed by atoms with Crippen molar-refractivity contribution in [2.75, 3.05) is 11.9 Å². The summed E-state index contributed by atoms with van der Waals surface area (Å²) in [6.07, 6.45) is 3.88. The molecule has 1 aliphatic rings. The Hall–Kier alpha value is -1.29. The first-order valence-corrected chi connectivity index (χ1v) is 5.69. The van der Waals surface area contributed by atoms with E-state index in [0.717, 1.165) is 29.1 Å². The summed E-state index contributed by atoms with van der Waals surface area (Å²) >= 11 is 3.48. The standard InChI is InChI=1S/C11H10BrN3/c12-8-1-2-9-10(7-8)13-3-5-15-6-4-14-11(9)15/h1-2,4,6-7,13H,3,5H2. The maximum atomic E-state index is 4.40. The molecule has 15 heavy (non-hydrogen) atoms. The van der Waals surface area contributed by atoms with Gasteiger partial charge in [0, 0.05) is 41.2 Å². The average molecular weight is 264 g/mol. The van der Waals surface area contributed by atoms with Crippen LogP contribution in [0.15, 0.2) is 35.1 Å². The van der Waals surface area contributed by atoms with Crippen LogP contribution < -0.4 is 5.32 Å². The highest BCUT2D eigenvalue weighted by Gasteiger charge is 2.14.